The van der Waals surface area contributed by atoms with E-state index in [1.165, 1.54) is 0 Å². The maximum atomic E-state index is 10.3. The monoisotopic (exact) mass is 178 g/mol. The Morgan fingerprint density at radius 1 is 1.45 bits per heavy atom. The van der Waals surface area contributed by atoms with Crippen molar-refractivity contribution in [1.82, 2.24) is 0 Å². The van der Waals surface area contributed by atoms with Crippen molar-refractivity contribution in [3.63, 3.8) is 0 Å². The largest absolute Gasteiger partial charge is 1.00 e. The summed E-state index contributed by atoms with van der Waals surface area (Å²) in [4.78, 5) is 0.680. The molecule has 54 valence electrons. The first-order chi connectivity index (χ1) is 4.86. The smallest absolute Gasteiger partial charge is 0.795 e. The summed E-state index contributed by atoms with van der Waals surface area (Å²) < 4.78 is 15.2. The van der Waals surface area contributed by atoms with Gasteiger partial charge in [0, 0.05) is 0 Å². The van der Waals surface area contributed by atoms with Gasteiger partial charge in [0.1, 0.15) is 5.75 Å². The zero-order valence-corrected chi connectivity index (χ0v) is 9.35. The Morgan fingerprint density at radius 3 is 2.73 bits per heavy atom. The first kappa shape index (κ1) is 11.3. The number of benzene rings is 1. The van der Waals surface area contributed by atoms with Gasteiger partial charge in [0.15, 0.2) is 0 Å². The molecule has 1 rings (SSSR count). The standard InChI is InChI=1S/C7H8O2S.Na/c1-9-6-3-2-4-7(5-6)10-8;/h2-5,8H,1H3;/q;+1/p-1. The zero-order valence-electron chi connectivity index (χ0n) is 6.53. The third kappa shape index (κ3) is 3.49. The quantitative estimate of drug-likeness (QED) is 0.426. The molecule has 1 aromatic rings. The third-order valence-corrected chi connectivity index (χ3v) is 1.58. The molecule has 0 N–H and O–H groups in total. The average Bonchev–Trinajstić information content (AvgIpc) is 2.05. The van der Waals surface area contributed by atoms with Crippen LogP contribution in [0.3, 0.4) is 0 Å². The second kappa shape index (κ2) is 5.91. The molecule has 0 radical (unpaired) electrons. The molecule has 0 saturated heterocycles. The van der Waals surface area contributed by atoms with Gasteiger partial charge in [-0.25, -0.2) is 12.0 Å². The topological polar surface area (TPSA) is 32.3 Å². The van der Waals surface area contributed by atoms with Crippen LogP contribution in [0, 0.1) is 0 Å². The van der Waals surface area contributed by atoms with Gasteiger partial charge in [-0.1, -0.05) is 6.07 Å². The maximum absolute atomic E-state index is 10.3. The van der Waals surface area contributed by atoms with Gasteiger partial charge in [-0.2, -0.15) is 0 Å². The van der Waals surface area contributed by atoms with E-state index in [2.05, 4.69) is 0 Å². The van der Waals surface area contributed by atoms with Crippen LogP contribution in [0.5, 0.6) is 5.75 Å². The average molecular weight is 178 g/mol. The molecule has 0 aromatic heterocycles. The fourth-order valence-electron chi connectivity index (χ4n) is 0.653. The Balaban J connectivity index is 0.000001000. The summed E-state index contributed by atoms with van der Waals surface area (Å²) in [6.45, 7) is 0. The molecule has 4 heteroatoms. The van der Waals surface area contributed by atoms with Crippen molar-refractivity contribution in [2.45, 2.75) is 4.90 Å². The first-order valence-corrected chi connectivity index (χ1v) is 3.55. The summed E-state index contributed by atoms with van der Waals surface area (Å²) in [5.41, 5.74) is 0. The van der Waals surface area contributed by atoms with Crippen molar-refractivity contribution in [2.24, 2.45) is 0 Å². The van der Waals surface area contributed by atoms with E-state index in [0.717, 1.165) is 5.75 Å². The van der Waals surface area contributed by atoms with E-state index in [-0.39, 0.29) is 29.6 Å². The second-order valence-corrected chi connectivity index (χ2v) is 2.40. The van der Waals surface area contributed by atoms with Crippen LogP contribution in [0.1, 0.15) is 0 Å². The number of hydrogen-bond acceptors (Lipinski definition) is 3. The predicted octanol–water partition coefficient (Wildman–Crippen LogP) is -1.08. The molecule has 2 nitrogen and oxygen atoms in total. The summed E-state index contributed by atoms with van der Waals surface area (Å²) in [6, 6.07) is 7.05. The van der Waals surface area contributed by atoms with Gasteiger partial charge < -0.3 is 9.29 Å². The van der Waals surface area contributed by atoms with Crippen molar-refractivity contribution in [1.29, 1.82) is 0 Å². The first-order valence-electron chi connectivity index (χ1n) is 2.80. The van der Waals surface area contributed by atoms with E-state index in [1.54, 1.807) is 31.4 Å². The molecule has 0 amide bonds. The summed E-state index contributed by atoms with van der Waals surface area (Å²) in [5.74, 6) is 0.723. The molecule has 0 aliphatic heterocycles. The van der Waals surface area contributed by atoms with Crippen LogP contribution >= 0.6 is 12.0 Å². The van der Waals surface area contributed by atoms with Crippen LogP contribution < -0.4 is 34.3 Å². The van der Waals surface area contributed by atoms with E-state index in [1.807, 2.05) is 0 Å². The minimum atomic E-state index is 0. The summed E-state index contributed by atoms with van der Waals surface area (Å²) >= 11 is 0.468. The van der Waals surface area contributed by atoms with Gasteiger partial charge >= 0.3 is 29.6 Å². The number of hydrogen-bond donors (Lipinski definition) is 0. The summed E-state index contributed by atoms with van der Waals surface area (Å²) in [7, 11) is 1.58. The van der Waals surface area contributed by atoms with E-state index >= 15 is 0 Å². The maximum Gasteiger partial charge on any atom is 1.00 e. The van der Waals surface area contributed by atoms with E-state index in [9.17, 15) is 4.55 Å². The van der Waals surface area contributed by atoms with Crippen molar-refractivity contribution in [3.05, 3.63) is 24.3 Å². The van der Waals surface area contributed by atoms with E-state index < -0.39 is 0 Å². The molecule has 0 saturated carbocycles. The molecule has 0 unspecified atom stereocenters. The number of rotatable bonds is 2. The Labute approximate surface area is 92.4 Å². The second-order valence-electron chi connectivity index (χ2n) is 1.76. The van der Waals surface area contributed by atoms with E-state index in [4.69, 9.17) is 4.74 Å². The molecular formula is C7H7NaO2S. The third-order valence-electron chi connectivity index (χ3n) is 1.14. The Morgan fingerprint density at radius 2 is 2.18 bits per heavy atom. The van der Waals surface area contributed by atoms with Crippen LogP contribution in [0.4, 0.5) is 0 Å². The minimum Gasteiger partial charge on any atom is -0.795 e. The van der Waals surface area contributed by atoms with Crippen LogP contribution in [0.15, 0.2) is 29.2 Å². The fraction of sp³-hybridized carbons (Fsp3) is 0.143. The fourth-order valence-corrected chi connectivity index (χ4v) is 0.951. The van der Waals surface area contributed by atoms with Crippen LogP contribution in [0.25, 0.3) is 0 Å². The molecule has 0 aliphatic rings. The van der Waals surface area contributed by atoms with Crippen molar-refractivity contribution in [3.8, 4) is 5.75 Å². The molecule has 11 heavy (non-hydrogen) atoms. The Kier molecular flexibility index (Phi) is 6.09. The SMILES string of the molecule is COc1cccc(S[O-])c1.[Na+]. The van der Waals surface area contributed by atoms with E-state index in [0.29, 0.717) is 16.9 Å². The zero-order chi connectivity index (χ0) is 7.40. The van der Waals surface area contributed by atoms with Gasteiger partial charge in [-0.15, -0.1) is 0 Å². The molecule has 0 spiro atoms. The summed E-state index contributed by atoms with van der Waals surface area (Å²) in [5, 5.41) is 0. The van der Waals surface area contributed by atoms with Gasteiger partial charge in [-0.3, -0.25) is 0 Å². The molecule has 0 fully saturated rings. The van der Waals surface area contributed by atoms with Gasteiger partial charge in [0.2, 0.25) is 0 Å². The molecule has 0 atom stereocenters. The van der Waals surface area contributed by atoms with Crippen LogP contribution in [-0.4, -0.2) is 11.7 Å². The molecule has 0 aliphatic carbocycles. The van der Waals surface area contributed by atoms with Gasteiger partial charge in [0.25, 0.3) is 0 Å². The van der Waals surface area contributed by atoms with Crippen molar-refractivity contribution in [2.75, 3.05) is 7.11 Å². The minimum absolute atomic E-state index is 0. The van der Waals surface area contributed by atoms with Crippen molar-refractivity contribution < 1.29 is 38.8 Å². The van der Waals surface area contributed by atoms with Gasteiger partial charge in [0.05, 0.1) is 7.11 Å². The normalized spacial score (nSPS) is 8.55. The number of methoxy groups -OCH3 is 1. The predicted molar refractivity (Wildman–Crippen MR) is 39.6 cm³/mol. The van der Waals surface area contributed by atoms with Crippen LogP contribution in [0.2, 0.25) is 0 Å². The summed E-state index contributed by atoms with van der Waals surface area (Å²) in [6.07, 6.45) is 0. The number of ether oxygens (including phenoxy) is 1. The molecular weight excluding hydrogens is 171 g/mol. The van der Waals surface area contributed by atoms with Crippen molar-refractivity contribution >= 4 is 12.0 Å². The Hall–Kier alpha value is 0.330. The molecule has 1 aromatic carbocycles. The Bertz CT molecular complexity index is 198. The van der Waals surface area contributed by atoms with Crippen LogP contribution in [-0.2, 0) is 0 Å². The molecule has 0 bridgehead atoms. The van der Waals surface area contributed by atoms with Gasteiger partial charge in [-0.05, 0) is 23.1 Å². The molecule has 0 heterocycles.